The second kappa shape index (κ2) is 5.61. The summed E-state index contributed by atoms with van der Waals surface area (Å²) in [7, 11) is 1.61. The predicted octanol–water partition coefficient (Wildman–Crippen LogP) is 1.38. The molecule has 0 heterocycles. The van der Waals surface area contributed by atoms with Gasteiger partial charge in [0, 0.05) is 18.4 Å². The number of hydrogen-bond acceptors (Lipinski definition) is 3. The molecule has 0 bridgehead atoms. The number of likely N-dealkylation sites (N-methyl/N-ethyl adjacent to an activating group) is 1. The van der Waals surface area contributed by atoms with E-state index in [0.29, 0.717) is 11.4 Å². The van der Waals surface area contributed by atoms with Crippen LogP contribution < -0.4 is 16.0 Å². The van der Waals surface area contributed by atoms with Crippen molar-refractivity contribution < 1.29 is 18.0 Å². The summed E-state index contributed by atoms with van der Waals surface area (Å²) in [5.74, 6) is -0.688. The molecule has 1 aromatic rings. The standard InChI is InChI=1S/C11H14F3N3O/c1-17(9-4-2-8(15)3-5-9)6-10(18)16-7-11(12,13)14/h2-5H,6-7,15H2,1H3,(H,16,18). The van der Waals surface area contributed by atoms with Crippen LogP contribution in [-0.4, -0.2) is 32.2 Å². The molecule has 4 nitrogen and oxygen atoms in total. The number of carbonyl (C=O) groups excluding carboxylic acids is 1. The summed E-state index contributed by atoms with van der Waals surface area (Å²) in [4.78, 5) is 12.8. The number of nitrogens with zero attached hydrogens (tertiary/aromatic N) is 1. The largest absolute Gasteiger partial charge is 0.405 e. The van der Waals surface area contributed by atoms with Gasteiger partial charge in [0.15, 0.2) is 0 Å². The Bertz CT molecular complexity index is 403. The van der Waals surface area contributed by atoms with Crippen molar-refractivity contribution in [2.45, 2.75) is 6.18 Å². The minimum Gasteiger partial charge on any atom is -0.399 e. The van der Waals surface area contributed by atoms with Gasteiger partial charge in [-0.2, -0.15) is 13.2 Å². The maximum Gasteiger partial charge on any atom is 0.405 e. The average molecular weight is 261 g/mol. The van der Waals surface area contributed by atoms with Crippen molar-refractivity contribution in [1.29, 1.82) is 0 Å². The zero-order valence-electron chi connectivity index (χ0n) is 9.79. The van der Waals surface area contributed by atoms with Gasteiger partial charge in [0.1, 0.15) is 6.54 Å². The van der Waals surface area contributed by atoms with E-state index in [4.69, 9.17) is 5.73 Å². The minimum atomic E-state index is -4.39. The van der Waals surface area contributed by atoms with E-state index in [1.54, 1.807) is 36.6 Å². The lowest BCUT2D eigenvalue weighted by molar-refractivity contribution is -0.137. The van der Waals surface area contributed by atoms with Gasteiger partial charge >= 0.3 is 6.18 Å². The van der Waals surface area contributed by atoms with E-state index >= 15 is 0 Å². The molecular formula is C11H14F3N3O. The minimum absolute atomic E-state index is 0.153. The molecule has 1 rings (SSSR count). The Hall–Kier alpha value is -1.92. The number of anilines is 2. The van der Waals surface area contributed by atoms with Crippen molar-refractivity contribution in [1.82, 2.24) is 5.32 Å². The van der Waals surface area contributed by atoms with Crippen molar-refractivity contribution >= 4 is 17.3 Å². The molecule has 0 atom stereocenters. The highest BCUT2D eigenvalue weighted by Gasteiger charge is 2.27. The summed E-state index contributed by atoms with van der Waals surface area (Å²) >= 11 is 0. The molecule has 1 aromatic carbocycles. The smallest absolute Gasteiger partial charge is 0.399 e. The van der Waals surface area contributed by atoms with Crippen LogP contribution in [0.1, 0.15) is 0 Å². The van der Waals surface area contributed by atoms with Crippen molar-refractivity contribution in [2.75, 3.05) is 30.8 Å². The first-order valence-electron chi connectivity index (χ1n) is 5.18. The van der Waals surface area contributed by atoms with Crippen LogP contribution in [0, 0.1) is 0 Å². The van der Waals surface area contributed by atoms with E-state index in [0.717, 1.165) is 0 Å². The molecule has 7 heteroatoms. The van der Waals surface area contributed by atoms with Crippen LogP contribution in [-0.2, 0) is 4.79 Å². The fourth-order valence-electron chi connectivity index (χ4n) is 1.29. The van der Waals surface area contributed by atoms with Crippen molar-refractivity contribution in [3.63, 3.8) is 0 Å². The molecule has 0 aromatic heterocycles. The van der Waals surface area contributed by atoms with Crippen LogP contribution in [0.5, 0.6) is 0 Å². The third kappa shape index (κ3) is 4.94. The van der Waals surface area contributed by atoms with Crippen LogP contribution in [0.25, 0.3) is 0 Å². The normalized spacial score (nSPS) is 11.1. The van der Waals surface area contributed by atoms with E-state index in [-0.39, 0.29) is 6.54 Å². The van der Waals surface area contributed by atoms with Crippen molar-refractivity contribution in [3.8, 4) is 0 Å². The molecule has 18 heavy (non-hydrogen) atoms. The van der Waals surface area contributed by atoms with E-state index in [1.165, 1.54) is 4.90 Å². The first kappa shape index (κ1) is 14.1. The number of nitrogens with one attached hydrogen (secondary N) is 1. The van der Waals surface area contributed by atoms with Crippen LogP contribution in [0.2, 0.25) is 0 Å². The van der Waals surface area contributed by atoms with Gasteiger partial charge in [0.05, 0.1) is 6.54 Å². The molecular weight excluding hydrogens is 247 g/mol. The lowest BCUT2D eigenvalue weighted by atomic mass is 10.2. The average Bonchev–Trinajstić information content (AvgIpc) is 2.26. The topological polar surface area (TPSA) is 58.4 Å². The van der Waals surface area contributed by atoms with E-state index in [2.05, 4.69) is 0 Å². The molecule has 3 N–H and O–H groups in total. The lowest BCUT2D eigenvalue weighted by Gasteiger charge is -2.19. The summed E-state index contributed by atoms with van der Waals surface area (Å²) in [5.41, 5.74) is 6.78. The number of alkyl halides is 3. The van der Waals surface area contributed by atoms with Crippen LogP contribution in [0.4, 0.5) is 24.5 Å². The van der Waals surface area contributed by atoms with Gasteiger partial charge in [-0.25, -0.2) is 0 Å². The number of carbonyl (C=O) groups is 1. The van der Waals surface area contributed by atoms with Gasteiger partial charge in [0.25, 0.3) is 0 Å². The first-order chi connectivity index (χ1) is 8.28. The van der Waals surface area contributed by atoms with E-state index < -0.39 is 18.6 Å². The number of nitrogen functional groups attached to an aromatic ring is 1. The lowest BCUT2D eigenvalue weighted by Crippen LogP contribution is -2.39. The summed E-state index contributed by atoms with van der Waals surface area (Å²) in [6.07, 6.45) is -4.39. The molecule has 0 aliphatic rings. The van der Waals surface area contributed by atoms with Crippen molar-refractivity contribution in [2.24, 2.45) is 0 Å². The molecule has 100 valence electrons. The Morgan fingerprint density at radius 1 is 1.33 bits per heavy atom. The second-order valence-electron chi connectivity index (χ2n) is 3.84. The highest BCUT2D eigenvalue weighted by molar-refractivity contribution is 5.81. The fourth-order valence-corrected chi connectivity index (χ4v) is 1.29. The van der Waals surface area contributed by atoms with Crippen LogP contribution in [0.15, 0.2) is 24.3 Å². The highest BCUT2D eigenvalue weighted by Crippen LogP contribution is 2.15. The van der Waals surface area contributed by atoms with Gasteiger partial charge in [-0.3, -0.25) is 4.79 Å². The molecule has 1 amide bonds. The Morgan fingerprint density at radius 3 is 2.39 bits per heavy atom. The zero-order valence-corrected chi connectivity index (χ0v) is 9.79. The molecule has 0 unspecified atom stereocenters. The van der Waals surface area contributed by atoms with Gasteiger partial charge in [-0.15, -0.1) is 0 Å². The number of benzene rings is 1. The predicted molar refractivity (Wildman–Crippen MR) is 63.2 cm³/mol. The van der Waals surface area contributed by atoms with Crippen molar-refractivity contribution in [3.05, 3.63) is 24.3 Å². The number of halogens is 3. The Kier molecular flexibility index (Phi) is 4.41. The van der Waals surface area contributed by atoms with Gasteiger partial charge in [-0.05, 0) is 24.3 Å². The molecule has 0 aliphatic heterocycles. The number of nitrogens with two attached hydrogens (primary N) is 1. The summed E-state index contributed by atoms with van der Waals surface area (Å²) in [6.45, 7) is -1.47. The SMILES string of the molecule is CN(CC(=O)NCC(F)(F)F)c1ccc(N)cc1. The Morgan fingerprint density at radius 2 is 1.89 bits per heavy atom. The third-order valence-electron chi connectivity index (χ3n) is 2.20. The number of rotatable bonds is 4. The Labute approximate surface area is 103 Å². The van der Waals surface area contributed by atoms with Crippen LogP contribution >= 0.6 is 0 Å². The Balaban J connectivity index is 2.47. The second-order valence-corrected chi connectivity index (χ2v) is 3.84. The molecule has 0 spiro atoms. The summed E-state index contributed by atoms with van der Waals surface area (Å²) in [5, 5.41) is 1.80. The third-order valence-corrected chi connectivity index (χ3v) is 2.20. The van der Waals surface area contributed by atoms with E-state index in [1.807, 2.05) is 0 Å². The van der Waals surface area contributed by atoms with Gasteiger partial charge in [-0.1, -0.05) is 0 Å². The van der Waals surface area contributed by atoms with Gasteiger partial charge < -0.3 is 16.0 Å². The molecule has 0 radical (unpaired) electrons. The monoisotopic (exact) mass is 261 g/mol. The highest BCUT2D eigenvalue weighted by atomic mass is 19.4. The maximum atomic E-state index is 11.9. The number of hydrogen-bond donors (Lipinski definition) is 2. The number of amides is 1. The quantitative estimate of drug-likeness (QED) is 0.805. The zero-order chi connectivity index (χ0) is 13.8. The van der Waals surface area contributed by atoms with E-state index in [9.17, 15) is 18.0 Å². The summed E-state index contributed by atoms with van der Waals surface area (Å²) < 4.78 is 35.6. The fraction of sp³-hybridized carbons (Fsp3) is 0.364. The molecule has 0 aliphatic carbocycles. The van der Waals surface area contributed by atoms with Gasteiger partial charge in [0.2, 0.25) is 5.91 Å². The summed E-state index contributed by atoms with van der Waals surface area (Å²) in [6, 6.07) is 6.68. The molecule has 0 saturated heterocycles. The molecule has 0 saturated carbocycles. The van der Waals surface area contributed by atoms with Crippen LogP contribution in [0.3, 0.4) is 0 Å². The molecule has 0 fully saturated rings. The maximum absolute atomic E-state index is 11.9. The first-order valence-corrected chi connectivity index (χ1v) is 5.18.